The number of fused-ring (bicyclic) bond motifs is 1. The first-order valence-corrected chi connectivity index (χ1v) is 13.2. The van der Waals surface area contributed by atoms with Gasteiger partial charge in [-0.25, -0.2) is 9.78 Å². The van der Waals surface area contributed by atoms with Crippen molar-refractivity contribution in [3.63, 3.8) is 0 Å². The second kappa shape index (κ2) is 11.7. The molecule has 0 saturated carbocycles. The van der Waals surface area contributed by atoms with Gasteiger partial charge in [0, 0.05) is 28.8 Å². The molecule has 5 rings (SSSR count). The van der Waals surface area contributed by atoms with Crippen molar-refractivity contribution in [1.29, 1.82) is 0 Å². The molecule has 2 aromatic heterocycles. The molecule has 38 heavy (non-hydrogen) atoms. The molecular formula is C28H29BrN6O3. The van der Waals surface area contributed by atoms with E-state index in [0.717, 1.165) is 46.9 Å². The lowest BCUT2D eigenvalue weighted by Gasteiger charge is -2.14. The Balaban J connectivity index is 1.27. The molecule has 9 nitrogen and oxygen atoms in total. The van der Waals surface area contributed by atoms with E-state index < -0.39 is 0 Å². The Bertz CT molecular complexity index is 1460. The molecular weight excluding hydrogens is 548 g/mol. The molecule has 3 N–H and O–H groups in total. The van der Waals surface area contributed by atoms with Gasteiger partial charge in [0.05, 0.1) is 30.5 Å². The number of hydrogen-bond donors (Lipinski definition) is 3. The minimum absolute atomic E-state index is 0.0440. The van der Waals surface area contributed by atoms with Crippen LogP contribution in [0.1, 0.15) is 18.4 Å². The van der Waals surface area contributed by atoms with Gasteiger partial charge in [-0.2, -0.15) is 0 Å². The zero-order chi connectivity index (χ0) is 26.5. The SMILES string of the molecule is COc1ccc(Br)cc1NC(=O)Nc1cccc2c1ccn2Cc1ccnc(NC(=O)CN2CCCC2)c1. The largest absolute Gasteiger partial charge is 0.495 e. The van der Waals surface area contributed by atoms with Gasteiger partial charge in [-0.05, 0) is 80.0 Å². The first-order chi connectivity index (χ1) is 18.5. The summed E-state index contributed by atoms with van der Waals surface area (Å²) in [6, 6.07) is 16.6. The van der Waals surface area contributed by atoms with E-state index >= 15 is 0 Å². The number of urea groups is 1. The molecule has 1 aliphatic heterocycles. The summed E-state index contributed by atoms with van der Waals surface area (Å²) < 4.78 is 8.27. The lowest BCUT2D eigenvalue weighted by molar-refractivity contribution is -0.117. The van der Waals surface area contributed by atoms with Crippen LogP contribution in [0, 0.1) is 0 Å². The minimum Gasteiger partial charge on any atom is -0.495 e. The van der Waals surface area contributed by atoms with Crippen molar-refractivity contribution in [3.05, 3.63) is 77.0 Å². The van der Waals surface area contributed by atoms with Crippen LogP contribution in [0.5, 0.6) is 5.75 Å². The smallest absolute Gasteiger partial charge is 0.323 e. The molecule has 0 aliphatic carbocycles. The zero-order valence-electron chi connectivity index (χ0n) is 21.0. The third kappa shape index (κ3) is 6.15. The number of methoxy groups -OCH3 is 1. The predicted molar refractivity (Wildman–Crippen MR) is 153 cm³/mol. The summed E-state index contributed by atoms with van der Waals surface area (Å²) >= 11 is 3.42. The number of carbonyl (C=O) groups is 2. The molecule has 1 fully saturated rings. The number of carbonyl (C=O) groups excluding carboxylic acids is 2. The number of amides is 3. The Morgan fingerprint density at radius 2 is 1.82 bits per heavy atom. The Morgan fingerprint density at radius 1 is 1.00 bits per heavy atom. The third-order valence-electron chi connectivity index (χ3n) is 6.48. The number of aromatic nitrogens is 2. The number of benzene rings is 2. The number of rotatable bonds is 8. The molecule has 4 aromatic rings. The first-order valence-electron chi connectivity index (χ1n) is 12.4. The highest BCUT2D eigenvalue weighted by molar-refractivity contribution is 9.10. The number of nitrogens with one attached hydrogen (secondary N) is 3. The molecule has 0 atom stereocenters. The molecule has 1 aliphatic rings. The van der Waals surface area contributed by atoms with E-state index in [0.29, 0.717) is 36.0 Å². The van der Waals surface area contributed by atoms with Gasteiger partial charge in [-0.15, -0.1) is 0 Å². The van der Waals surface area contributed by atoms with E-state index in [1.807, 2.05) is 48.7 Å². The number of nitrogens with zero attached hydrogens (tertiary/aromatic N) is 3. The van der Waals surface area contributed by atoms with Gasteiger partial charge in [0.25, 0.3) is 0 Å². The maximum Gasteiger partial charge on any atom is 0.323 e. The van der Waals surface area contributed by atoms with Crippen molar-refractivity contribution < 1.29 is 14.3 Å². The van der Waals surface area contributed by atoms with Gasteiger partial charge in [0.15, 0.2) is 0 Å². The molecule has 196 valence electrons. The molecule has 2 aromatic carbocycles. The van der Waals surface area contributed by atoms with Crippen LogP contribution in [0.4, 0.5) is 22.0 Å². The number of hydrogen-bond acceptors (Lipinski definition) is 5. The first kappa shape index (κ1) is 25.7. The van der Waals surface area contributed by atoms with Crippen LogP contribution in [0.15, 0.2) is 71.5 Å². The summed E-state index contributed by atoms with van der Waals surface area (Å²) in [7, 11) is 1.56. The average molecular weight is 577 g/mol. The van der Waals surface area contributed by atoms with Crippen LogP contribution in [-0.2, 0) is 11.3 Å². The zero-order valence-corrected chi connectivity index (χ0v) is 22.6. The normalized spacial score (nSPS) is 13.4. The van der Waals surface area contributed by atoms with Crippen LogP contribution in [0.3, 0.4) is 0 Å². The van der Waals surface area contributed by atoms with Gasteiger partial charge in [-0.3, -0.25) is 9.69 Å². The van der Waals surface area contributed by atoms with Crippen LogP contribution in [-0.4, -0.2) is 53.1 Å². The van der Waals surface area contributed by atoms with Gasteiger partial charge in [0.2, 0.25) is 5.91 Å². The summed E-state index contributed by atoms with van der Waals surface area (Å²) in [5.41, 5.74) is 3.23. The molecule has 3 heterocycles. The van der Waals surface area contributed by atoms with Gasteiger partial charge >= 0.3 is 6.03 Å². The minimum atomic E-state index is -0.370. The number of halogens is 1. The standard InChI is InChI=1S/C28H29BrN6O3/c1-38-25-8-7-20(29)16-23(25)32-28(37)31-22-5-4-6-24-21(22)10-14-35(24)17-19-9-11-30-26(15-19)33-27(36)18-34-12-2-3-13-34/h4-11,14-16H,2-3,12-13,17-18H2,1H3,(H,30,33,36)(H2,31,32,37). The van der Waals surface area contributed by atoms with Crippen LogP contribution in [0.25, 0.3) is 10.9 Å². The molecule has 0 bridgehead atoms. The predicted octanol–water partition coefficient (Wildman–Crippen LogP) is 5.53. The van der Waals surface area contributed by atoms with Crippen molar-refractivity contribution in [3.8, 4) is 5.75 Å². The fourth-order valence-corrected chi connectivity index (χ4v) is 5.05. The quantitative estimate of drug-likeness (QED) is 0.256. The van der Waals surface area contributed by atoms with E-state index in [1.165, 1.54) is 0 Å². The number of anilines is 3. The Morgan fingerprint density at radius 3 is 2.63 bits per heavy atom. The van der Waals surface area contributed by atoms with Crippen LogP contribution in [0.2, 0.25) is 0 Å². The molecule has 0 spiro atoms. The monoisotopic (exact) mass is 576 g/mol. The van der Waals surface area contributed by atoms with Crippen molar-refractivity contribution in [1.82, 2.24) is 14.5 Å². The lowest BCUT2D eigenvalue weighted by atomic mass is 10.2. The fourth-order valence-electron chi connectivity index (χ4n) is 4.69. The van der Waals surface area contributed by atoms with E-state index in [-0.39, 0.29) is 11.9 Å². The van der Waals surface area contributed by atoms with Crippen LogP contribution < -0.4 is 20.7 Å². The Kier molecular flexibility index (Phi) is 7.90. The molecule has 0 radical (unpaired) electrons. The van der Waals surface area contributed by atoms with E-state index in [9.17, 15) is 9.59 Å². The lowest BCUT2D eigenvalue weighted by Crippen LogP contribution is -2.31. The Hall–Kier alpha value is -3.89. The number of pyridine rings is 1. The molecule has 3 amide bonds. The molecule has 10 heteroatoms. The number of likely N-dealkylation sites (tertiary alicyclic amines) is 1. The second-order valence-electron chi connectivity index (χ2n) is 9.19. The van der Waals surface area contributed by atoms with Gasteiger partial charge in [0.1, 0.15) is 11.6 Å². The molecule has 1 saturated heterocycles. The van der Waals surface area contributed by atoms with E-state index in [1.54, 1.807) is 25.4 Å². The third-order valence-corrected chi connectivity index (χ3v) is 6.98. The highest BCUT2D eigenvalue weighted by Gasteiger charge is 2.16. The van der Waals surface area contributed by atoms with Crippen molar-refractivity contribution in [2.75, 3.05) is 42.7 Å². The molecule has 0 unspecified atom stereocenters. The van der Waals surface area contributed by atoms with Crippen molar-refractivity contribution in [2.24, 2.45) is 0 Å². The summed E-state index contributed by atoms with van der Waals surface area (Å²) in [5.74, 6) is 1.07. The van der Waals surface area contributed by atoms with Gasteiger partial charge < -0.3 is 25.3 Å². The summed E-state index contributed by atoms with van der Waals surface area (Å²) in [6.45, 7) is 2.92. The average Bonchev–Trinajstić information content (AvgIpc) is 3.55. The van der Waals surface area contributed by atoms with Crippen molar-refractivity contribution in [2.45, 2.75) is 19.4 Å². The van der Waals surface area contributed by atoms with E-state index in [4.69, 9.17) is 4.74 Å². The van der Waals surface area contributed by atoms with Gasteiger partial charge in [-0.1, -0.05) is 22.0 Å². The summed E-state index contributed by atoms with van der Waals surface area (Å²) in [6.07, 6.45) is 5.98. The maximum absolute atomic E-state index is 12.8. The van der Waals surface area contributed by atoms with Crippen molar-refractivity contribution >= 4 is 56.0 Å². The highest BCUT2D eigenvalue weighted by atomic mass is 79.9. The number of ether oxygens (including phenoxy) is 1. The summed E-state index contributed by atoms with van der Waals surface area (Å²) in [4.78, 5) is 31.7. The Labute approximate surface area is 229 Å². The fraction of sp³-hybridized carbons (Fsp3) is 0.250. The topological polar surface area (TPSA) is 101 Å². The van der Waals surface area contributed by atoms with Crippen LogP contribution >= 0.6 is 15.9 Å². The maximum atomic E-state index is 12.8. The summed E-state index contributed by atoms with van der Waals surface area (Å²) in [5, 5.41) is 9.63. The highest BCUT2D eigenvalue weighted by Crippen LogP contribution is 2.29. The second-order valence-corrected chi connectivity index (χ2v) is 10.1. The van der Waals surface area contributed by atoms with E-state index in [2.05, 4.69) is 46.3 Å².